The second-order valence-corrected chi connectivity index (χ2v) is 4.12. The predicted molar refractivity (Wildman–Crippen MR) is 66.9 cm³/mol. The monoisotopic (exact) mass is 226 g/mol. The molecule has 0 saturated heterocycles. The third-order valence-electron chi connectivity index (χ3n) is 3.04. The van der Waals surface area contributed by atoms with Gasteiger partial charge in [0.15, 0.2) is 0 Å². The average molecular weight is 226 g/mol. The molecule has 3 aromatic rings. The van der Waals surface area contributed by atoms with Gasteiger partial charge in [0.05, 0.1) is 12.4 Å². The molecule has 0 N–H and O–H groups in total. The Morgan fingerprint density at radius 2 is 2.24 bits per heavy atom. The summed E-state index contributed by atoms with van der Waals surface area (Å²) in [6.45, 7) is 2.15. The molecule has 3 nitrogen and oxygen atoms in total. The Bertz CT molecular complexity index is 577. The van der Waals surface area contributed by atoms with Crippen molar-refractivity contribution >= 4 is 11.0 Å². The Balaban J connectivity index is 2.07. The van der Waals surface area contributed by atoms with E-state index in [-0.39, 0.29) is 6.04 Å². The van der Waals surface area contributed by atoms with Gasteiger partial charge in [-0.3, -0.25) is 0 Å². The molecule has 0 fully saturated rings. The summed E-state index contributed by atoms with van der Waals surface area (Å²) in [5.41, 5.74) is 0.945. The molecule has 2 aromatic heterocycles. The minimum atomic E-state index is 0.227. The summed E-state index contributed by atoms with van der Waals surface area (Å²) in [5, 5.41) is 1.15. The first kappa shape index (κ1) is 10.1. The Kier molecular flexibility index (Phi) is 2.44. The minimum absolute atomic E-state index is 0.227. The fourth-order valence-corrected chi connectivity index (χ4v) is 2.18. The van der Waals surface area contributed by atoms with Gasteiger partial charge in [0, 0.05) is 17.8 Å². The summed E-state index contributed by atoms with van der Waals surface area (Å²) in [6.07, 6.45) is 6.59. The topological polar surface area (TPSA) is 31.0 Å². The molecule has 0 radical (unpaired) electrons. The van der Waals surface area contributed by atoms with Crippen molar-refractivity contribution in [1.29, 1.82) is 0 Å². The smallest absolute Gasteiger partial charge is 0.134 e. The zero-order valence-corrected chi connectivity index (χ0v) is 9.71. The number of aromatic nitrogens is 2. The summed E-state index contributed by atoms with van der Waals surface area (Å²) in [6, 6.07) is 10.4. The van der Waals surface area contributed by atoms with Gasteiger partial charge >= 0.3 is 0 Å². The van der Waals surface area contributed by atoms with Crippen molar-refractivity contribution in [2.75, 3.05) is 0 Å². The van der Waals surface area contributed by atoms with E-state index < -0.39 is 0 Å². The second-order valence-electron chi connectivity index (χ2n) is 4.12. The highest BCUT2D eigenvalue weighted by molar-refractivity contribution is 5.77. The van der Waals surface area contributed by atoms with Gasteiger partial charge < -0.3 is 8.98 Å². The molecule has 0 spiro atoms. The second kappa shape index (κ2) is 4.09. The number of hydrogen-bond acceptors (Lipinski definition) is 2. The first-order chi connectivity index (χ1) is 8.38. The van der Waals surface area contributed by atoms with Crippen LogP contribution in [0.15, 0.2) is 53.5 Å². The zero-order chi connectivity index (χ0) is 11.7. The summed E-state index contributed by atoms with van der Waals surface area (Å²) in [5.74, 6) is 0.992. The quantitative estimate of drug-likeness (QED) is 0.682. The van der Waals surface area contributed by atoms with Gasteiger partial charge in [-0.05, 0) is 18.6 Å². The Hall–Kier alpha value is -2.03. The number of hydrogen-bond donors (Lipinski definition) is 0. The van der Waals surface area contributed by atoms with E-state index >= 15 is 0 Å². The number of benzene rings is 1. The molecular weight excluding hydrogens is 212 g/mol. The molecule has 0 amide bonds. The van der Waals surface area contributed by atoms with E-state index in [2.05, 4.69) is 28.6 Å². The number of furan rings is 1. The molecule has 1 atom stereocenters. The van der Waals surface area contributed by atoms with E-state index in [1.165, 1.54) is 0 Å². The zero-order valence-electron chi connectivity index (χ0n) is 9.71. The Morgan fingerprint density at radius 3 is 2.94 bits per heavy atom. The van der Waals surface area contributed by atoms with E-state index in [0.29, 0.717) is 0 Å². The molecule has 3 rings (SSSR count). The number of rotatable bonds is 3. The van der Waals surface area contributed by atoms with Crippen molar-refractivity contribution in [3.8, 4) is 0 Å². The lowest BCUT2D eigenvalue weighted by Crippen LogP contribution is -2.06. The lowest BCUT2D eigenvalue weighted by atomic mass is 10.1. The van der Waals surface area contributed by atoms with E-state index in [1.807, 2.05) is 30.7 Å². The van der Waals surface area contributed by atoms with Crippen molar-refractivity contribution in [2.45, 2.75) is 19.4 Å². The van der Waals surface area contributed by atoms with Gasteiger partial charge in [-0.25, -0.2) is 4.98 Å². The van der Waals surface area contributed by atoms with E-state index in [1.54, 1.807) is 6.20 Å². The van der Waals surface area contributed by atoms with Crippen LogP contribution in [-0.4, -0.2) is 9.55 Å². The van der Waals surface area contributed by atoms with Gasteiger partial charge in [-0.2, -0.15) is 0 Å². The molecule has 0 unspecified atom stereocenters. The molecule has 0 aliphatic carbocycles. The van der Waals surface area contributed by atoms with Crippen LogP contribution in [0.25, 0.3) is 11.0 Å². The van der Waals surface area contributed by atoms with Gasteiger partial charge in [0.1, 0.15) is 11.3 Å². The lowest BCUT2D eigenvalue weighted by Gasteiger charge is -2.13. The summed E-state index contributed by atoms with van der Waals surface area (Å²) >= 11 is 0. The molecule has 2 heterocycles. The fraction of sp³-hybridized carbons (Fsp3) is 0.214. The maximum absolute atomic E-state index is 5.90. The van der Waals surface area contributed by atoms with E-state index in [0.717, 1.165) is 23.2 Å². The van der Waals surface area contributed by atoms with E-state index in [4.69, 9.17) is 4.42 Å². The van der Waals surface area contributed by atoms with Crippen LogP contribution in [0.2, 0.25) is 0 Å². The van der Waals surface area contributed by atoms with Crippen LogP contribution in [0.4, 0.5) is 0 Å². The highest BCUT2D eigenvalue weighted by Gasteiger charge is 2.15. The third-order valence-corrected chi connectivity index (χ3v) is 3.04. The van der Waals surface area contributed by atoms with Crippen molar-refractivity contribution in [1.82, 2.24) is 9.55 Å². The number of para-hydroxylation sites is 1. The van der Waals surface area contributed by atoms with Gasteiger partial charge in [0.25, 0.3) is 0 Å². The van der Waals surface area contributed by atoms with Crippen LogP contribution in [0, 0.1) is 0 Å². The predicted octanol–water partition coefficient (Wildman–Crippen LogP) is 3.63. The fourth-order valence-electron chi connectivity index (χ4n) is 2.18. The SMILES string of the molecule is CC[C@H](c1cc2ccccc2o1)n1ccnc1. The molecule has 1 aromatic carbocycles. The van der Waals surface area contributed by atoms with Crippen molar-refractivity contribution in [2.24, 2.45) is 0 Å². The van der Waals surface area contributed by atoms with Crippen LogP contribution in [0.1, 0.15) is 25.1 Å². The standard InChI is InChI=1S/C14H14N2O/c1-2-12(16-8-7-15-10-16)14-9-11-5-3-4-6-13(11)17-14/h3-10,12H,2H2,1H3/t12-/m1/s1. The maximum atomic E-state index is 5.90. The van der Waals surface area contributed by atoms with Crippen LogP contribution in [-0.2, 0) is 0 Å². The largest absolute Gasteiger partial charge is 0.459 e. The van der Waals surface area contributed by atoms with E-state index in [9.17, 15) is 0 Å². The van der Waals surface area contributed by atoms with Crippen LogP contribution in [0.5, 0.6) is 0 Å². The summed E-state index contributed by atoms with van der Waals surface area (Å²) in [7, 11) is 0. The highest BCUT2D eigenvalue weighted by atomic mass is 16.3. The molecule has 0 aliphatic heterocycles. The van der Waals surface area contributed by atoms with Crippen LogP contribution in [0.3, 0.4) is 0 Å². The van der Waals surface area contributed by atoms with Crippen molar-refractivity contribution < 1.29 is 4.42 Å². The molecule has 0 bridgehead atoms. The molecule has 17 heavy (non-hydrogen) atoms. The van der Waals surface area contributed by atoms with Gasteiger partial charge in [-0.15, -0.1) is 0 Å². The maximum Gasteiger partial charge on any atom is 0.134 e. The minimum Gasteiger partial charge on any atom is -0.459 e. The molecule has 86 valence electrons. The normalized spacial score (nSPS) is 13.0. The first-order valence-corrected chi connectivity index (χ1v) is 5.84. The van der Waals surface area contributed by atoms with Crippen LogP contribution < -0.4 is 0 Å². The van der Waals surface area contributed by atoms with Gasteiger partial charge in [0.2, 0.25) is 0 Å². The van der Waals surface area contributed by atoms with Crippen molar-refractivity contribution in [3.05, 3.63) is 54.8 Å². The summed E-state index contributed by atoms with van der Waals surface area (Å²) in [4.78, 5) is 4.09. The van der Waals surface area contributed by atoms with Crippen molar-refractivity contribution in [3.63, 3.8) is 0 Å². The van der Waals surface area contributed by atoms with Gasteiger partial charge in [-0.1, -0.05) is 25.1 Å². The molecule has 3 heteroatoms. The number of nitrogens with zero attached hydrogens (tertiary/aromatic N) is 2. The molecule has 0 aliphatic rings. The summed E-state index contributed by atoms with van der Waals surface area (Å²) < 4.78 is 7.98. The van der Waals surface area contributed by atoms with Crippen LogP contribution >= 0.6 is 0 Å². The third kappa shape index (κ3) is 1.73. The first-order valence-electron chi connectivity index (χ1n) is 5.84. The number of fused-ring (bicyclic) bond motifs is 1. The number of imidazole rings is 1. The Morgan fingerprint density at radius 1 is 1.35 bits per heavy atom. The highest BCUT2D eigenvalue weighted by Crippen LogP contribution is 2.28. The average Bonchev–Trinajstić information content (AvgIpc) is 2.98. The Labute approximate surface area is 99.7 Å². The molecular formula is C14H14N2O. The lowest BCUT2D eigenvalue weighted by molar-refractivity contribution is 0.439. The molecule has 0 saturated carbocycles.